The molecule has 5 fully saturated rings. The van der Waals surface area contributed by atoms with E-state index in [2.05, 4.69) is 41.6 Å². The van der Waals surface area contributed by atoms with E-state index in [9.17, 15) is 9.90 Å². The molecule has 6 nitrogen and oxygen atoms in total. The predicted octanol–water partition coefficient (Wildman–Crippen LogP) is 6.63. The number of piperazine rings is 1. The van der Waals surface area contributed by atoms with Gasteiger partial charge in [0, 0.05) is 38.8 Å². The van der Waals surface area contributed by atoms with Gasteiger partial charge in [0.15, 0.2) is 11.6 Å². The van der Waals surface area contributed by atoms with E-state index in [-0.39, 0.29) is 6.10 Å². The molecule has 42 heavy (non-hydrogen) atoms. The third-order valence-electron chi connectivity index (χ3n) is 13.2. The summed E-state index contributed by atoms with van der Waals surface area (Å²) in [5.41, 5.74) is 2.29. The maximum absolute atomic E-state index is 13.4. The monoisotopic (exact) mass is 575 g/mol. The first kappa shape index (κ1) is 28.7. The molecular weight excluding hydrogens is 522 g/mol. The molecule has 1 aliphatic heterocycles. The standard InChI is InChI=1S/C36H53N3O3/c1-24(6-13-33(41)38-19-21-39(22-20-38)34-32(5-4-18-37-34)42-27-8-9-27)29-11-12-30-28-10-7-25-23-26(40)14-16-35(25,2)31(28)15-17-36(29,30)3/h4-5,7,18,24,26-31,40H,6,8-17,19-23H2,1-3H3/t24-,26+,28+,29-,30+,31+,35+,36-/m1/s1. The van der Waals surface area contributed by atoms with Gasteiger partial charge in [-0.1, -0.05) is 32.4 Å². The molecule has 1 aromatic heterocycles. The SMILES string of the molecule is C[C@H](CCC(=O)N1CCN(c2ncccc2OC2CC2)CC1)[C@H]1CC[C@H]2[C@@H]3CC=C4C[C@@H](O)CC[C@]4(C)[C@H]3CC[C@]12C. The zero-order valence-electron chi connectivity index (χ0n) is 26.3. The van der Waals surface area contributed by atoms with Crippen LogP contribution in [0.2, 0.25) is 0 Å². The van der Waals surface area contributed by atoms with E-state index < -0.39 is 0 Å². The lowest BCUT2D eigenvalue weighted by Crippen LogP contribution is -2.51. The number of fused-ring (bicyclic) bond motifs is 5. The summed E-state index contributed by atoms with van der Waals surface area (Å²) in [6, 6.07) is 3.98. The van der Waals surface area contributed by atoms with E-state index in [0.29, 0.717) is 35.2 Å². The minimum atomic E-state index is -0.127. The molecule has 6 heteroatoms. The second-order valence-electron chi connectivity index (χ2n) is 15.4. The van der Waals surface area contributed by atoms with Gasteiger partial charge in [0.05, 0.1) is 12.2 Å². The van der Waals surface area contributed by atoms with Gasteiger partial charge in [-0.3, -0.25) is 4.79 Å². The number of allylic oxidation sites excluding steroid dienone is 1. The number of aliphatic hydroxyl groups excluding tert-OH is 1. The lowest BCUT2D eigenvalue weighted by Gasteiger charge is -2.58. The summed E-state index contributed by atoms with van der Waals surface area (Å²) in [6.07, 6.45) is 18.2. The number of carbonyl (C=O) groups is 1. The molecule has 230 valence electrons. The highest BCUT2D eigenvalue weighted by Crippen LogP contribution is 2.67. The minimum absolute atomic E-state index is 0.127. The van der Waals surface area contributed by atoms with Crippen LogP contribution in [0.3, 0.4) is 0 Å². The molecule has 0 spiro atoms. The molecule has 0 unspecified atom stereocenters. The first-order chi connectivity index (χ1) is 20.3. The molecule has 0 aromatic carbocycles. The number of anilines is 1. The summed E-state index contributed by atoms with van der Waals surface area (Å²) in [5.74, 6) is 5.89. The molecule has 2 heterocycles. The van der Waals surface area contributed by atoms with E-state index in [4.69, 9.17) is 4.74 Å². The Balaban J connectivity index is 0.931. The summed E-state index contributed by atoms with van der Waals surface area (Å²) in [5, 5.41) is 10.3. The highest BCUT2D eigenvalue weighted by atomic mass is 16.5. The van der Waals surface area contributed by atoms with Crippen LogP contribution in [0.25, 0.3) is 0 Å². The highest BCUT2D eigenvalue weighted by molar-refractivity contribution is 5.76. The van der Waals surface area contributed by atoms with Gasteiger partial charge in [-0.25, -0.2) is 4.98 Å². The molecule has 0 radical (unpaired) electrons. The Hall–Kier alpha value is -2.08. The van der Waals surface area contributed by atoms with Crippen LogP contribution >= 0.6 is 0 Å². The summed E-state index contributed by atoms with van der Waals surface area (Å²) in [4.78, 5) is 22.4. The number of pyridine rings is 1. The van der Waals surface area contributed by atoms with Gasteiger partial charge in [-0.2, -0.15) is 0 Å². The Morgan fingerprint density at radius 2 is 1.88 bits per heavy atom. The fraction of sp³-hybridized carbons (Fsp3) is 0.778. The lowest BCUT2D eigenvalue weighted by atomic mass is 9.47. The van der Waals surface area contributed by atoms with Gasteiger partial charge in [-0.15, -0.1) is 0 Å². The van der Waals surface area contributed by atoms with Gasteiger partial charge in [0.2, 0.25) is 5.91 Å². The van der Waals surface area contributed by atoms with Crippen molar-refractivity contribution in [1.82, 2.24) is 9.88 Å². The van der Waals surface area contributed by atoms with Crippen molar-refractivity contribution < 1.29 is 14.6 Å². The van der Waals surface area contributed by atoms with E-state index in [1.54, 1.807) is 5.57 Å². The Bertz CT molecular complexity index is 1190. The predicted molar refractivity (Wildman–Crippen MR) is 166 cm³/mol. The number of nitrogens with zero attached hydrogens (tertiary/aromatic N) is 3. The van der Waals surface area contributed by atoms with Crippen LogP contribution in [-0.4, -0.2) is 59.3 Å². The van der Waals surface area contributed by atoms with Crippen LogP contribution in [0.1, 0.15) is 97.8 Å². The number of hydrogen-bond acceptors (Lipinski definition) is 5. The first-order valence-electron chi connectivity index (χ1n) is 17.3. The van der Waals surface area contributed by atoms with Crippen molar-refractivity contribution in [3.8, 4) is 5.75 Å². The second kappa shape index (κ2) is 11.1. The van der Waals surface area contributed by atoms with Crippen molar-refractivity contribution in [2.24, 2.45) is 40.4 Å². The molecule has 8 atom stereocenters. The summed E-state index contributed by atoms with van der Waals surface area (Å²) in [6.45, 7) is 10.8. The average Bonchev–Trinajstić information content (AvgIpc) is 3.74. The van der Waals surface area contributed by atoms with E-state index >= 15 is 0 Å². The van der Waals surface area contributed by atoms with E-state index in [0.717, 1.165) is 99.9 Å². The van der Waals surface area contributed by atoms with Crippen LogP contribution in [0, 0.1) is 40.4 Å². The van der Waals surface area contributed by atoms with Gasteiger partial charge in [0.25, 0.3) is 0 Å². The van der Waals surface area contributed by atoms with Crippen molar-refractivity contribution in [2.45, 2.75) is 110 Å². The Morgan fingerprint density at radius 1 is 1.07 bits per heavy atom. The topological polar surface area (TPSA) is 65.9 Å². The van der Waals surface area contributed by atoms with Crippen molar-refractivity contribution in [2.75, 3.05) is 31.1 Å². The smallest absolute Gasteiger partial charge is 0.222 e. The molecule has 1 saturated heterocycles. The molecule has 1 N–H and O–H groups in total. The Morgan fingerprint density at radius 3 is 2.67 bits per heavy atom. The fourth-order valence-electron chi connectivity index (χ4n) is 10.6. The normalized spacial score (nSPS) is 38.7. The number of hydrogen-bond donors (Lipinski definition) is 1. The molecule has 6 aliphatic rings. The molecule has 7 rings (SSSR count). The molecule has 5 aliphatic carbocycles. The van der Waals surface area contributed by atoms with Gasteiger partial charge < -0.3 is 19.6 Å². The number of carbonyl (C=O) groups excluding carboxylic acids is 1. The molecule has 1 aromatic rings. The molecule has 0 bridgehead atoms. The highest BCUT2D eigenvalue weighted by Gasteiger charge is 2.59. The lowest BCUT2D eigenvalue weighted by molar-refractivity contribution is -0.132. The maximum atomic E-state index is 13.4. The average molecular weight is 576 g/mol. The fourth-order valence-corrected chi connectivity index (χ4v) is 10.6. The molecule has 1 amide bonds. The number of rotatable bonds is 7. The second-order valence-corrected chi connectivity index (χ2v) is 15.4. The third-order valence-corrected chi connectivity index (χ3v) is 13.2. The van der Waals surface area contributed by atoms with E-state index in [1.807, 2.05) is 18.3 Å². The maximum Gasteiger partial charge on any atom is 0.222 e. The van der Waals surface area contributed by atoms with Crippen LogP contribution < -0.4 is 9.64 Å². The quantitative estimate of drug-likeness (QED) is 0.370. The summed E-state index contributed by atoms with van der Waals surface area (Å²) < 4.78 is 6.11. The van der Waals surface area contributed by atoms with E-state index in [1.165, 1.54) is 32.1 Å². The number of aromatic nitrogens is 1. The van der Waals surface area contributed by atoms with Crippen LogP contribution in [0.5, 0.6) is 5.75 Å². The number of aliphatic hydroxyl groups is 1. The zero-order valence-corrected chi connectivity index (χ0v) is 26.3. The van der Waals surface area contributed by atoms with Crippen molar-refractivity contribution in [3.63, 3.8) is 0 Å². The third kappa shape index (κ3) is 5.08. The van der Waals surface area contributed by atoms with Crippen LogP contribution in [-0.2, 0) is 4.79 Å². The van der Waals surface area contributed by atoms with Crippen LogP contribution in [0.4, 0.5) is 5.82 Å². The molecular formula is C36H53N3O3. The number of ether oxygens (including phenoxy) is 1. The summed E-state index contributed by atoms with van der Waals surface area (Å²) >= 11 is 0. The van der Waals surface area contributed by atoms with Crippen molar-refractivity contribution in [3.05, 3.63) is 30.0 Å². The largest absolute Gasteiger partial charge is 0.487 e. The van der Waals surface area contributed by atoms with Gasteiger partial charge >= 0.3 is 0 Å². The van der Waals surface area contributed by atoms with Gasteiger partial charge in [0.1, 0.15) is 0 Å². The summed E-state index contributed by atoms with van der Waals surface area (Å²) in [7, 11) is 0. The molecule has 4 saturated carbocycles. The van der Waals surface area contributed by atoms with Gasteiger partial charge in [-0.05, 0) is 123 Å². The minimum Gasteiger partial charge on any atom is -0.487 e. The van der Waals surface area contributed by atoms with Crippen molar-refractivity contribution >= 4 is 11.7 Å². The zero-order chi connectivity index (χ0) is 29.1. The van der Waals surface area contributed by atoms with Crippen LogP contribution in [0.15, 0.2) is 30.0 Å². The number of amides is 1. The first-order valence-corrected chi connectivity index (χ1v) is 17.3. The van der Waals surface area contributed by atoms with Crippen molar-refractivity contribution in [1.29, 1.82) is 0 Å². The Labute approximate surface area is 253 Å². The Kier molecular flexibility index (Phi) is 7.60.